The van der Waals surface area contributed by atoms with Crippen molar-refractivity contribution < 1.29 is 59.3 Å². The second kappa shape index (κ2) is 7.82. The Labute approximate surface area is 128 Å². The maximum absolute atomic E-state index is 11.4. The lowest BCUT2D eigenvalue weighted by atomic mass is 10.2. The van der Waals surface area contributed by atoms with Crippen molar-refractivity contribution in [3.05, 3.63) is 0 Å². The average Bonchev–Trinajstić information content (AvgIpc) is 2.42. The van der Waals surface area contributed by atoms with Gasteiger partial charge in [-0.1, -0.05) is 0 Å². The topological polar surface area (TPSA) is 208 Å². The minimum atomic E-state index is -2.49. The molecule has 0 aromatic rings. The van der Waals surface area contributed by atoms with Crippen LogP contribution in [0.4, 0.5) is 0 Å². The first-order valence-corrected chi connectivity index (χ1v) is 5.93. The number of rotatable bonds is 8. The van der Waals surface area contributed by atoms with Crippen LogP contribution in [0.2, 0.25) is 0 Å². The van der Waals surface area contributed by atoms with Gasteiger partial charge in [-0.25, -0.2) is 19.2 Å². The fraction of sp³-hybridized carbons (Fsp3) is 0.636. The lowest BCUT2D eigenvalue weighted by molar-refractivity contribution is -0.232. The summed E-state index contributed by atoms with van der Waals surface area (Å²) in [6, 6.07) is 0. The summed E-state index contributed by atoms with van der Waals surface area (Å²) in [6.07, 6.45) is -9.96. The molecule has 6 N–H and O–H groups in total. The molecule has 0 aromatic carbocycles. The molecule has 0 fully saturated rings. The highest BCUT2D eigenvalue weighted by Gasteiger charge is 2.39. The van der Waals surface area contributed by atoms with Gasteiger partial charge in [-0.05, 0) is 0 Å². The van der Waals surface area contributed by atoms with Crippen molar-refractivity contribution in [1.82, 2.24) is 0 Å². The predicted octanol–water partition coefficient (Wildman–Crippen LogP) is -3.58. The van der Waals surface area contributed by atoms with Gasteiger partial charge in [0.1, 0.15) is 0 Å². The summed E-state index contributed by atoms with van der Waals surface area (Å²) in [6.45, 7) is 1.87. The number of aliphatic hydroxyl groups is 4. The largest absolute Gasteiger partial charge is 0.479 e. The quantitative estimate of drug-likeness (QED) is 0.187. The van der Waals surface area contributed by atoms with E-state index in [0.29, 0.717) is 0 Å². The summed E-state index contributed by atoms with van der Waals surface area (Å²) in [7, 11) is 0. The molecule has 12 nitrogen and oxygen atoms in total. The number of carboxylic acid groups (broad SMARTS) is 2. The van der Waals surface area contributed by atoms with Crippen LogP contribution in [0.25, 0.3) is 0 Å². The zero-order valence-electron chi connectivity index (χ0n) is 11.9. The van der Waals surface area contributed by atoms with Crippen molar-refractivity contribution >= 4 is 23.9 Å². The maximum Gasteiger partial charge on any atom is 0.341 e. The van der Waals surface area contributed by atoms with E-state index in [-0.39, 0.29) is 0 Å². The van der Waals surface area contributed by atoms with Crippen molar-refractivity contribution in [1.29, 1.82) is 0 Å². The maximum atomic E-state index is 11.4. The molecule has 0 amide bonds. The number of hydrogen-bond acceptors (Lipinski definition) is 10. The van der Waals surface area contributed by atoms with Gasteiger partial charge in [0.25, 0.3) is 5.79 Å². The van der Waals surface area contributed by atoms with Gasteiger partial charge in [0.15, 0.2) is 24.4 Å². The number of aliphatic carboxylic acids is 2. The molecule has 0 aliphatic heterocycles. The fourth-order valence-corrected chi connectivity index (χ4v) is 1.15. The normalized spacial score (nSPS) is 16.6. The van der Waals surface area contributed by atoms with E-state index in [1.165, 1.54) is 0 Å². The van der Waals surface area contributed by atoms with Gasteiger partial charge in [0.2, 0.25) is 0 Å². The van der Waals surface area contributed by atoms with E-state index in [1.54, 1.807) is 0 Å². The molecular weight excluding hydrogens is 324 g/mol. The van der Waals surface area contributed by atoms with Gasteiger partial charge >= 0.3 is 23.9 Å². The predicted molar refractivity (Wildman–Crippen MR) is 65.6 cm³/mol. The lowest BCUT2D eigenvalue weighted by Gasteiger charge is -2.27. The van der Waals surface area contributed by atoms with Crippen LogP contribution in [0.1, 0.15) is 13.8 Å². The van der Waals surface area contributed by atoms with E-state index >= 15 is 0 Å². The Morgan fingerprint density at radius 3 is 1.17 bits per heavy atom. The Morgan fingerprint density at radius 2 is 0.957 bits per heavy atom. The van der Waals surface area contributed by atoms with Gasteiger partial charge < -0.3 is 40.1 Å². The zero-order valence-corrected chi connectivity index (χ0v) is 11.9. The first kappa shape index (κ1) is 20.7. The smallest absolute Gasteiger partial charge is 0.341 e. The summed E-state index contributed by atoms with van der Waals surface area (Å²) in [4.78, 5) is 43.6. The molecule has 0 aromatic heterocycles. The number of aliphatic hydroxyl groups excluding tert-OH is 4. The molecule has 0 aliphatic carbocycles. The summed E-state index contributed by atoms with van der Waals surface area (Å²) >= 11 is 0. The average molecular weight is 340 g/mol. The van der Waals surface area contributed by atoms with Crippen LogP contribution in [0, 0.1) is 0 Å². The third-order valence-corrected chi connectivity index (χ3v) is 2.28. The van der Waals surface area contributed by atoms with E-state index in [9.17, 15) is 29.4 Å². The number of carbonyl (C=O) groups is 4. The molecule has 0 heterocycles. The fourth-order valence-electron chi connectivity index (χ4n) is 1.15. The van der Waals surface area contributed by atoms with E-state index < -0.39 is 54.1 Å². The second-order valence-corrected chi connectivity index (χ2v) is 4.70. The Hall–Kier alpha value is -2.28. The molecule has 0 bridgehead atoms. The number of esters is 2. The first-order valence-electron chi connectivity index (χ1n) is 5.93. The Morgan fingerprint density at radius 1 is 0.696 bits per heavy atom. The SMILES string of the molecule is CC(C)(OC(=O)C(O)C(O)C(=O)O)OC(=O)C(O)C(O)C(=O)O. The minimum absolute atomic E-state index is 0.933. The number of carboxylic acids is 2. The number of hydrogen-bond donors (Lipinski definition) is 6. The second-order valence-electron chi connectivity index (χ2n) is 4.70. The monoisotopic (exact) mass is 340 g/mol. The van der Waals surface area contributed by atoms with Gasteiger partial charge in [-0.2, -0.15) is 0 Å². The molecule has 0 aliphatic rings. The van der Waals surface area contributed by atoms with E-state index in [0.717, 1.165) is 13.8 Å². The van der Waals surface area contributed by atoms with Gasteiger partial charge in [-0.15, -0.1) is 0 Å². The van der Waals surface area contributed by atoms with Crippen LogP contribution in [0.5, 0.6) is 0 Å². The molecular formula is C11H16O12. The standard InChI is InChI=1S/C11H16O12/c1-11(2,22-9(20)5(14)3(12)7(16)17)23-10(21)6(15)4(13)8(18)19/h3-6,12-15H,1-2H3,(H,16,17)(H,18,19). The summed E-state index contributed by atoms with van der Waals surface area (Å²) in [5, 5.41) is 53.2. The number of carbonyl (C=O) groups excluding carboxylic acids is 2. The van der Waals surface area contributed by atoms with Crippen molar-refractivity contribution in [3.63, 3.8) is 0 Å². The first-order chi connectivity index (χ1) is 10.3. The van der Waals surface area contributed by atoms with Crippen LogP contribution >= 0.6 is 0 Å². The van der Waals surface area contributed by atoms with E-state index in [2.05, 4.69) is 9.47 Å². The van der Waals surface area contributed by atoms with Crippen LogP contribution in [0.3, 0.4) is 0 Å². The summed E-state index contributed by atoms with van der Waals surface area (Å²) < 4.78 is 8.87. The zero-order chi connectivity index (χ0) is 18.5. The highest BCUT2D eigenvalue weighted by atomic mass is 16.7. The molecule has 0 radical (unpaired) electrons. The molecule has 0 spiro atoms. The molecule has 132 valence electrons. The van der Waals surface area contributed by atoms with Crippen LogP contribution in [-0.2, 0) is 28.7 Å². The molecule has 0 saturated heterocycles. The van der Waals surface area contributed by atoms with E-state index in [4.69, 9.17) is 20.4 Å². The lowest BCUT2D eigenvalue weighted by Crippen LogP contribution is -2.47. The summed E-state index contributed by atoms with van der Waals surface area (Å²) in [5.41, 5.74) is 0. The third kappa shape index (κ3) is 6.15. The number of ether oxygens (including phenoxy) is 2. The minimum Gasteiger partial charge on any atom is -0.479 e. The molecule has 4 unspecified atom stereocenters. The Kier molecular flexibility index (Phi) is 7.05. The van der Waals surface area contributed by atoms with Crippen LogP contribution in [0.15, 0.2) is 0 Å². The Balaban J connectivity index is 4.82. The van der Waals surface area contributed by atoms with Gasteiger partial charge in [0.05, 0.1) is 0 Å². The van der Waals surface area contributed by atoms with Gasteiger partial charge in [-0.3, -0.25) is 0 Å². The molecule has 0 saturated carbocycles. The van der Waals surface area contributed by atoms with Crippen molar-refractivity contribution in [2.24, 2.45) is 0 Å². The Bertz CT molecular complexity index is 441. The molecule has 4 atom stereocenters. The van der Waals surface area contributed by atoms with Crippen LogP contribution < -0.4 is 0 Å². The third-order valence-electron chi connectivity index (χ3n) is 2.28. The summed E-state index contributed by atoms with van der Waals surface area (Å²) in [5.74, 6) is -9.32. The highest BCUT2D eigenvalue weighted by molar-refractivity contribution is 5.85. The molecule has 23 heavy (non-hydrogen) atoms. The highest BCUT2D eigenvalue weighted by Crippen LogP contribution is 2.15. The van der Waals surface area contributed by atoms with Crippen molar-refractivity contribution in [3.8, 4) is 0 Å². The van der Waals surface area contributed by atoms with Crippen molar-refractivity contribution in [2.45, 2.75) is 44.1 Å². The van der Waals surface area contributed by atoms with Crippen molar-refractivity contribution in [2.75, 3.05) is 0 Å². The van der Waals surface area contributed by atoms with Crippen LogP contribution in [-0.4, -0.2) is 84.7 Å². The van der Waals surface area contributed by atoms with E-state index in [1.807, 2.05) is 0 Å². The molecule has 0 rings (SSSR count). The molecule has 12 heteroatoms. The van der Waals surface area contributed by atoms with Gasteiger partial charge in [0, 0.05) is 13.8 Å².